The van der Waals surface area contributed by atoms with E-state index in [1.165, 1.54) is 11.0 Å². The molecule has 1 aliphatic rings. The summed E-state index contributed by atoms with van der Waals surface area (Å²) < 4.78 is 27.8. The van der Waals surface area contributed by atoms with Crippen molar-refractivity contribution in [3.8, 4) is 0 Å². The molecule has 3 aromatic rings. The van der Waals surface area contributed by atoms with Crippen LogP contribution >= 0.6 is 0 Å². The van der Waals surface area contributed by atoms with Crippen LogP contribution in [0.5, 0.6) is 0 Å². The van der Waals surface area contributed by atoms with Crippen molar-refractivity contribution in [3.63, 3.8) is 0 Å². The normalized spacial score (nSPS) is 17.8. The number of H-pyrrole nitrogens is 1. The van der Waals surface area contributed by atoms with Gasteiger partial charge in [-0.2, -0.15) is 5.10 Å². The van der Waals surface area contributed by atoms with Gasteiger partial charge in [0.1, 0.15) is 22.7 Å². The molecule has 1 unspecified atom stereocenters. The van der Waals surface area contributed by atoms with Crippen LogP contribution in [-0.2, 0) is 0 Å². The average molecular weight is 343 g/mol. The number of likely N-dealkylation sites (tertiary alicyclic amines) is 1. The van der Waals surface area contributed by atoms with Gasteiger partial charge in [0.15, 0.2) is 5.65 Å². The summed E-state index contributed by atoms with van der Waals surface area (Å²) in [6.07, 6.45) is 4.71. The molecule has 3 heterocycles. The van der Waals surface area contributed by atoms with E-state index < -0.39 is 23.1 Å². The largest absolute Gasteiger partial charge is 0.338 e. The fourth-order valence-electron chi connectivity index (χ4n) is 3.31. The number of piperidine rings is 1. The maximum Gasteiger partial charge on any atom is 0.259 e. The molecule has 1 amide bonds. The predicted molar refractivity (Wildman–Crippen MR) is 85.9 cm³/mol. The molecule has 4 rings (SSSR count). The van der Waals surface area contributed by atoms with Gasteiger partial charge in [-0.3, -0.25) is 9.89 Å². The number of nitrogens with one attached hydrogen (secondary N) is 1. The Kier molecular flexibility index (Phi) is 3.87. The highest BCUT2D eigenvalue weighted by atomic mass is 19.1. The van der Waals surface area contributed by atoms with Crippen LogP contribution in [0.15, 0.2) is 30.6 Å². The van der Waals surface area contributed by atoms with Gasteiger partial charge < -0.3 is 4.90 Å². The molecule has 1 aromatic carbocycles. The van der Waals surface area contributed by atoms with E-state index in [0.29, 0.717) is 24.3 Å². The lowest BCUT2D eigenvalue weighted by molar-refractivity contribution is 0.0696. The van der Waals surface area contributed by atoms with Gasteiger partial charge in [-0.05, 0) is 25.0 Å². The fraction of sp³-hybridized carbons (Fsp3) is 0.294. The summed E-state index contributed by atoms with van der Waals surface area (Å²) >= 11 is 0. The standard InChI is InChI=1S/C17H15F2N5O/c18-11-4-1-5-12(19)13(11)17(25)24-8-2-3-10(9-24)14-15-16(23-22-14)21-7-6-20-15/h1,4-7,10H,2-3,8-9H2,(H,21,22,23). The molecule has 2 aromatic heterocycles. The first kappa shape index (κ1) is 15.6. The number of fused-ring (bicyclic) bond motifs is 1. The van der Waals surface area contributed by atoms with Crippen LogP contribution in [0, 0.1) is 11.6 Å². The van der Waals surface area contributed by atoms with Crippen LogP contribution in [0.25, 0.3) is 11.2 Å². The highest BCUT2D eigenvalue weighted by Crippen LogP contribution is 2.30. The van der Waals surface area contributed by atoms with Crippen LogP contribution in [0.1, 0.15) is 34.8 Å². The minimum Gasteiger partial charge on any atom is -0.338 e. The summed E-state index contributed by atoms with van der Waals surface area (Å²) in [5.74, 6) is -2.35. The van der Waals surface area contributed by atoms with E-state index in [2.05, 4.69) is 20.2 Å². The molecular weight excluding hydrogens is 328 g/mol. The van der Waals surface area contributed by atoms with Gasteiger partial charge >= 0.3 is 0 Å². The van der Waals surface area contributed by atoms with E-state index >= 15 is 0 Å². The number of benzene rings is 1. The van der Waals surface area contributed by atoms with E-state index in [4.69, 9.17) is 0 Å². The van der Waals surface area contributed by atoms with Crippen molar-refractivity contribution in [2.75, 3.05) is 13.1 Å². The quantitative estimate of drug-likeness (QED) is 0.776. The maximum absolute atomic E-state index is 13.9. The number of aromatic amines is 1. The number of halogens is 2. The lowest BCUT2D eigenvalue weighted by Crippen LogP contribution is -2.40. The molecule has 1 N–H and O–H groups in total. The van der Waals surface area contributed by atoms with Crippen LogP contribution < -0.4 is 0 Å². The Morgan fingerprint density at radius 3 is 2.76 bits per heavy atom. The number of hydrogen-bond acceptors (Lipinski definition) is 4. The summed E-state index contributed by atoms with van der Waals surface area (Å²) in [4.78, 5) is 22.5. The molecule has 0 radical (unpaired) electrons. The molecule has 8 heteroatoms. The third kappa shape index (κ3) is 2.73. The first-order chi connectivity index (χ1) is 12.1. The van der Waals surface area contributed by atoms with Gasteiger partial charge in [0.2, 0.25) is 0 Å². The van der Waals surface area contributed by atoms with Crippen molar-refractivity contribution >= 4 is 17.1 Å². The minimum absolute atomic E-state index is 0.0331. The van der Waals surface area contributed by atoms with E-state index in [9.17, 15) is 13.6 Å². The van der Waals surface area contributed by atoms with E-state index in [1.807, 2.05) is 0 Å². The summed E-state index contributed by atoms with van der Waals surface area (Å²) in [5, 5.41) is 7.07. The Morgan fingerprint density at radius 1 is 1.20 bits per heavy atom. The van der Waals surface area contributed by atoms with Crippen molar-refractivity contribution in [1.82, 2.24) is 25.1 Å². The molecule has 1 atom stereocenters. The molecule has 25 heavy (non-hydrogen) atoms. The maximum atomic E-state index is 13.9. The molecular formula is C17H15F2N5O. The molecule has 0 aliphatic carbocycles. The van der Waals surface area contributed by atoms with Crippen molar-refractivity contribution in [1.29, 1.82) is 0 Å². The van der Waals surface area contributed by atoms with Gasteiger partial charge in [-0.15, -0.1) is 0 Å². The first-order valence-electron chi connectivity index (χ1n) is 8.03. The van der Waals surface area contributed by atoms with Crippen LogP contribution in [0.3, 0.4) is 0 Å². The number of nitrogens with zero attached hydrogens (tertiary/aromatic N) is 4. The minimum atomic E-state index is -0.843. The fourth-order valence-corrected chi connectivity index (χ4v) is 3.31. The summed E-state index contributed by atoms with van der Waals surface area (Å²) in [6.45, 7) is 0.807. The van der Waals surface area contributed by atoms with Crippen molar-refractivity contribution in [3.05, 3.63) is 53.5 Å². The molecule has 6 nitrogen and oxygen atoms in total. The Bertz CT molecular complexity index is 921. The number of rotatable bonds is 2. The number of amides is 1. The topological polar surface area (TPSA) is 74.8 Å². The Labute approximate surface area is 141 Å². The lowest BCUT2D eigenvalue weighted by Gasteiger charge is -2.32. The summed E-state index contributed by atoms with van der Waals surface area (Å²) in [6, 6.07) is 3.43. The molecule has 128 valence electrons. The third-order valence-electron chi connectivity index (χ3n) is 4.51. The van der Waals surface area contributed by atoms with Crippen LogP contribution in [0.4, 0.5) is 8.78 Å². The van der Waals surface area contributed by atoms with Gasteiger partial charge in [0, 0.05) is 31.4 Å². The number of hydrogen-bond donors (Lipinski definition) is 1. The van der Waals surface area contributed by atoms with Gasteiger partial charge in [-0.1, -0.05) is 6.07 Å². The average Bonchev–Trinajstić information content (AvgIpc) is 3.06. The second kappa shape index (κ2) is 6.19. The number of carbonyl (C=O) groups is 1. The molecule has 0 saturated carbocycles. The summed E-state index contributed by atoms with van der Waals surface area (Å²) in [5.41, 5.74) is 1.48. The smallest absolute Gasteiger partial charge is 0.259 e. The SMILES string of the molecule is O=C(c1c(F)cccc1F)N1CCCC(c2[nH]nc3nccnc23)C1. The molecule has 0 bridgehead atoms. The third-order valence-corrected chi connectivity index (χ3v) is 4.51. The lowest BCUT2D eigenvalue weighted by atomic mass is 9.93. The van der Waals surface area contributed by atoms with Crippen LogP contribution in [0.2, 0.25) is 0 Å². The van der Waals surface area contributed by atoms with Crippen molar-refractivity contribution in [2.24, 2.45) is 0 Å². The Hall–Kier alpha value is -2.90. The zero-order valence-corrected chi connectivity index (χ0v) is 13.2. The monoisotopic (exact) mass is 343 g/mol. The Balaban J connectivity index is 1.62. The molecule has 0 spiro atoms. The van der Waals surface area contributed by atoms with Gasteiger partial charge in [-0.25, -0.2) is 18.7 Å². The van der Waals surface area contributed by atoms with E-state index in [0.717, 1.165) is 30.7 Å². The second-order valence-electron chi connectivity index (χ2n) is 6.05. The highest BCUT2D eigenvalue weighted by Gasteiger charge is 2.30. The van der Waals surface area contributed by atoms with Crippen molar-refractivity contribution < 1.29 is 13.6 Å². The molecule has 1 fully saturated rings. The van der Waals surface area contributed by atoms with Crippen molar-refractivity contribution in [2.45, 2.75) is 18.8 Å². The summed E-state index contributed by atoms with van der Waals surface area (Å²) in [7, 11) is 0. The van der Waals surface area contributed by atoms with Crippen LogP contribution in [-0.4, -0.2) is 44.1 Å². The predicted octanol–water partition coefficient (Wildman–Crippen LogP) is 2.65. The Morgan fingerprint density at radius 2 is 1.96 bits per heavy atom. The highest BCUT2D eigenvalue weighted by molar-refractivity contribution is 5.95. The number of carbonyl (C=O) groups excluding carboxylic acids is 1. The zero-order chi connectivity index (χ0) is 17.4. The zero-order valence-electron chi connectivity index (χ0n) is 13.2. The molecule has 1 aliphatic heterocycles. The van der Waals surface area contributed by atoms with Gasteiger partial charge in [0.25, 0.3) is 5.91 Å². The molecule has 1 saturated heterocycles. The van der Waals surface area contributed by atoms with E-state index in [1.54, 1.807) is 12.4 Å². The number of aromatic nitrogens is 4. The van der Waals surface area contributed by atoms with E-state index in [-0.39, 0.29) is 5.92 Å². The first-order valence-corrected chi connectivity index (χ1v) is 8.03. The second-order valence-corrected chi connectivity index (χ2v) is 6.05. The van der Waals surface area contributed by atoms with Gasteiger partial charge in [0.05, 0.1) is 5.69 Å².